The van der Waals surface area contributed by atoms with Crippen molar-refractivity contribution in [2.24, 2.45) is 10.3 Å². The lowest BCUT2D eigenvalue weighted by molar-refractivity contribution is 0.0974. The maximum Gasteiger partial charge on any atom is 0.435 e. The predicted molar refractivity (Wildman–Crippen MR) is 163 cm³/mol. The average molecular weight is 572 g/mol. The molecule has 0 aliphatic carbocycles. The van der Waals surface area contributed by atoms with E-state index in [4.69, 9.17) is 9.68 Å². The number of rotatable bonds is 10. The summed E-state index contributed by atoms with van der Waals surface area (Å²) in [5, 5.41) is 17.6. The second-order valence-corrected chi connectivity index (χ2v) is 10.8. The van der Waals surface area contributed by atoms with Gasteiger partial charge in [-0.15, -0.1) is 0 Å². The summed E-state index contributed by atoms with van der Waals surface area (Å²) in [4.78, 5) is 38.8. The van der Waals surface area contributed by atoms with E-state index in [0.29, 0.717) is 18.8 Å². The minimum atomic E-state index is -0.472. The molecule has 2 aromatic rings. The molecule has 0 saturated carbocycles. The average Bonchev–Trinajstić information content (AvgIpc) is 3.05. The molecule has 4 rings (SSSR count). The summed E-state index contributed by atoms with van der Waals surface area (Å²) in [6.45, 7) is 4.95. The Morgan fingerprint density at radius 3 is 1.62 bits per heavy atom. The molecule has 0 spiro atoms. The Morgan fingerprint density at radius 1 is 0.714 bits per heavy atom. The lowest BCUT2D eigenvalue weighted by Gasteiger charge is -2.24. The molecular weight excluding hydrogens is 530 g/mol. The first-order valence-corrected chi connectivity index (χ1v) is 15.2. The number of likely N-dealkylation sites (tertiary alicyclic amines) is 2. The molecule has 9 nitrogen and oxygen atoms in total. The summed E-state index contributed by atoms with van der Waals surface area (Å²) < 4.78 is 0. The van der Waals surface area contributed by atoms with Gasteiger partial charge in [0.05, 0.1) is 18.2 Å². The van der Waals surface area contributed by atoms with Crippen LogP contribution in [0.15, 0.2) is 58.8 Å². The maximum atomic E-state index is 12.5. The molecule has 9 heteroatoms. The van der Waals surface area contributed by atoms with Gasteiger partial charge in [0.25, 0.3) is 0 Å². The van der Waals surface area contributed by atoms with Crippen molar-refractivity contribution in [3.63, 3.8) is 0 Å². The van der Waals surface area contributed by atoms with Gasteiger partial charge in [0.1, 0.15) is 5.71 Å². The molecule has 2 aliphatic rings. The van der Waals surface area contributed by atoms with Crippen LogP contribution in [0.5, 0.6) is 0 Å². The predicted octanol–water partition coefficient (Wildman–Crippen LogP) is 7.50. The monoisotopic (exact) mass is 571 g/mol. The Bertz CT molecular complexity index is 1270. The SMILES string of the molecule is CCCCC/C(=N\OC(=O)N1CCCCC1)c1ccc(-c2ccc(/C(CC#N)=N/OC(=O)N3CCCCC3)cc2)cc1. The fraction of sp³-hybridized carbons (Fsp3) is 0.485. The fourth-order valence-corrected chi connectivity index (χ4v) is 5.21. The number of benzene rings is 2. The van der Waals surface area contributed by atoms with Gasteiger partial charge in [0, 0.05) is 31.7 Å². The summed E-state index contributed by atoms with van der Waals surface area (Å²) in [6, 6.07) is 17.8. The van der Waals surface area contributed by atoms with E-state index < -0.39 is 6.09 Å². The lowest BCUT2D eigenvalue weighted by atomic mass is 9.98. The van der Waals surface area contributed by atoms with Crippen molar-refractivity contribution < 1.29 is 19.3 Å². The van der Waals surface area contributed by atoms with Crippen LogP contribution in [-0.2, 0) is 9.68 Å². The van der Waals surface area contributed by atoms with Gasteiger partial charge in [-0.05, 0) is 68.1 Å². The van der Waals surface area contributed by atoms with Crippen LogP contribution in [0.1, 0.15) is 88.7 Å². The van der Waals surface area contributed by atoms with Crippen LogP contribution in [0.4, 0.5) is 9.59 Å². The molecule has 222 valence electrons. The number of oxime groups is 2. The molecule has 42 heavy (non-hydrogen) atoms. The van der Waals surface area contributed by atoms with Crippen molar-refractivity contribution in [2.75, 3.05) is 26.2 Å². The van der Waals surface area contributed by atoms with E-state index in [1.165, 1.54) is 0 Å². The third-order valence-electron chi connectivity index (χ3n) is 7.73. The normalized spacial score (nSPS) is 16.1. The number of carbonyl (C=O) groups is 2. The third kappa shape index (κ3) is 8.90. The molecule has 2 fully saturated rings. The van der Waals surface area contributed by atoms with Crippen LogP contribution in [0.2, 0.25) is 0 Å². The van der Waals surface area contributed by atoms with Crippen LogP contribution in [0, 0.1) is 11.3 Å². The smallest absolute Gasteiger partial charge is 0.306 e. The minimum Gasteiger partial charge on any atom is -0.306 e. The summed E-state index contributed by atoms with van der Waals surface area (Å²) >= 11 is 0. The van der Waals surface area contributed by atoms with Gasteiger partial charge >= 0.3 is 12.2 Å². The van der Waals surface area contributed by atoms with E-state index >= 15 is 0 Å². The Morgan fingerprint density at radius 2 is 1.17 bits per heavy atom. The van der Waals surface area contributed by atoms with Gasteiger partial charge in [-0.1, -0.05) is 78.6 Å². The van der Waals surface area contributed by atoms with Crippen molar-refractivity contribution >= 4 is 23.6 Å². The zero-order chi connectivity index (χ0) is 29.6. The number of carbonyl (C=O) groups excluding carboxylic acids is 2. The van der Waals surface area contributed by atoms with Gasteiger partial charge in [0.15, 0.2) is 0 Å². The molecule has 0 atom stereocenters. The second-order valence-electron chi connectivity index (χ2n) is 10.8. The first-order chi connectivity index (χ1) is 20.6. The molecule has 0 aromatic heterocycles. The number of piperidine rings is 2. The number of unbranched alkanes of at least 4 members (excludes halogenated alkanes) is 2. The highest BCUT2D eigenvalue weighted by atomic mass is 16.7. The molecule has 0 bridgehead atoms. The van der Waals surface area contributed by atoms with Crippen LogP contribution in [0.25, 0.3) is 11.1 Å². The zero-order valence-electron chi connectivity index (χ0n) is 24.6. The molecule has 0 unspecified atom stereocenters. The quantitative estimate of drug-likeness (QED) is 0.127. The standard InChI is InChI=1S/C33H41N5O4/c1-2-3-6-11-30(35-41-32(39)37-22-7-4-8-23-37)28-16-12-26(13-17-28)27-14-18-29(19-15-27)31(20-21-34)36-42-33(40)38-24-9-5-10-25-38/h12-19H,2-11,20,22-25H2,1H3/b35-30+,36-31+. The summed E-state index contributed by atoms with van der Waals surface area (Å²) in [5.41, 5.74) is 4.84. The van der Waals surface area contributed by atoms with Crippen LogP contribution < -0.4 is 0 Å². The molecule has 2 heterocycles. The first kappa shape index (κ1) is 30.8. The van der Waals surface area contributed by atoms with E-state index in [1.54, 1.807) is 9.80 Å². The van der Waals surface area contributed by atoms with Gasteiger partial charge in [-0.2, -0.15) is 5.26 Å². The number of amides is 2. The van der Waals surface area contributed by atoms with Gasteiger partial charge in [0.2, 0.25) is 0 Å². The van der Waals surface area contributed by atoms with E-state index in [9.17, 15) is 14.9 Å². The number of hydrogen-bond donors (Lipinski definition) is 0. The Hall–Kier alpha value is -4.19. The molecule has 2 aromatic carbocycles. The summed E-state index contributed by atoms with van der Waals surface area (Å²) in [6.07, 6.45) is 9.26. The van der Waals surface area contributed by atoms with E-state index in [2.05, 4.69) is 23.3 Å². The Kier molecular flexibility index (Phi) is 11.9. The van der Waals surface area contributed by atoms with Crippen molar-refractivity contribution in [2.45, 2.75) is 77.6 Å². The summed E-state index contributed by atoms with van der Waals surface area (Å²) in [7, 11) is 0. The lowest BCUT2D eigenvalue weighted by Crippen LogP contribution is -2.35. The molecule has 2 saturated heterocycles. The van der Waals surface area contributed by atoms with Gasteiger partial charge in [-0.3, -0.25) is 9.68 Å². The van der Waals surface area contributed by atoms with E-state index in [0.717, 1.165) is 105 Å². The van der Waals surface area contributed by atoms with Crippen LogP contribution in [-0.4, -0.2) is 59.6 Å². The van der Waals surface area contributed by atoms with Gasteiger partial charge in [-0.25, -0.2) is 9.59 Å². The molecule has 0 radical (unpaired) electrons. The highest BCUT2D eigenvalue weighted by molar-refractivity contribution is 6.02. The summed E-state index contributed by atoms with van der Waals surface area (Å²) in [5.74, 6) is 0. The minimum absolute atomic E-state index is 0.0315. The number of nitrogens with zero attached hydrogens (tertiary/aromatic N) is 5. The number of nitriles is 1. The van der Waals surface area contributed by atoms with Crippen molar-refractivity contribution in [3.05, 3.63) is 59.7 Å². The highest BCUT2D eigenvalue weighted by Crippen LogP contribution is 2.23. The zero-order valence-corrected chi connectivity index (χ0v) is 24.6. The van der Waals surface area contributed by atoms with Crippen molar-refractivity contribution in [1.29, 1.82) is 5.26 Å². The molecule has 2 amide bonds. The topological polar surface area (TPSA) is 108 Å². The van der Waals surface area contributed by atoms with E-state index in [-0.39, 0.29) is 12.5 Å². The van der Waals surface area contributed by atoms with Crippen LogP contribution in [0.3, 0.4) is 0 Å². The maximum absolute atomic E-state index is 12.5. The Balaban J connectivity index is 1.43. The molecular formula is C33H41N5O4. The van der Waals surface area contributed by atoms with Crippen LogP contribution >= 0.6 is 0 Å². The highest BCUT2D eigenvalue weighted by Gasteiger charge is 2.20. The second kappa shape index (κ2) is 16.3. The fourth-order valence-electron chi connectivity index (χ4n) is 5.21. The van der Waals surface area contributed by atoms with Gasteiger partial charge < -0.3 is 9.80 Å². The number of hydrogen-bond acceptors (Lipinski definition) is 7. The first-order valence-electron chi connectivity index (χ1n) is 15.2. The Labute approximate surface area is 248 Å². The largest absolute Gasteiger partial charge is 0.435 e. The third-order valence-corrected chi connectivity index (χ3v) is 7.73. The van der Waals surface area contributed by atoms with Crippen molar-refractivity contribution in [3.8, 4) is 17.2 Å². The molecule has 0 N–H and O–H groups in total. The van der Waals surface area contributed by atoms with Crippen molar-refractivity contribution in [1.82, 2.24) is 9.80 Å². The molecule has 2 aliphatic heterocycles. The van der Waals surface area contributed by atoms with E-state index in [1.807, 2.05) is 48.5 Å².